The molecule has 26 heavy (non-hydrogen) atoms. The van der Waals surface area contributed by atoms with Gasteiger partial charge in [-0.1, -0.05) is 5.16 Å². The third kappa shape index (κ3) is 3.52. The maximum Gasteiger partial charge on any atom is 0.227 e. The number of amides is 1. The van der Waals surface area contributed by atoms with Gasteiger partial charge in [0.25, 0.3) is 0 Å². The van der Waals surface area contributed by atoms with E-state index in [0.29, 0.717) is 0 Å². The number of nitrogens with zero attached hydrogens (tertiary/aromatic N) is 5. The summed E-state index contributed by atoms with van der Waals surface area (Å²) in [7, 11) is 1.91. The second kappa shape index (κ2) is 7.20. The fourth-order valence-electron chi connectivity index (χ4n) is 4.00. The lowest BCUT2D eigenvalue weighted by molar-refractivity contribution is -0.137. The fourth-order valence-corrected chi connectivity index (χ4v) is 4.00. The number of hydrogen-bond acceptors (Lipinski definition) is 6. The summed E-state index contributed by atoms with van der Waals surface area (Å²) in [5.41, 5.74) is 2.11. The first-order valence-electron chi connectivity index (χ1n) is 9.23. The molecule has 4 rings (SSSR count). The molecule has 2 atom stereocenters. The molecule has 4 heterocycles. The maximum absolute atomic E-state index is 13.1. The van der Waals surface area contributed by atoms with Crippen molar-refractivity contribution in [1.29, 1.82) is 0 Å². The van der Waals surface area contributed by atoms with Crippen molar-refractivity contribution < 1.29 is 9.32 Å². The molecule has 0 saturated carbocycles. The first-order valence-corrected chi connectivity index (χ1v) is 9.23. The normalized spacial score (nSPS) is 24.3. The van der Waals surface area contributed by atoms with Gasteiger partial charge in [-0.15, -0.1) is 0 Å². The third-order valence-electron chi connectivity index (χ3n) is 5.43. The van der Waals surface area contributed by atoms with Crippen LogP contribution in [0.25, 0.3) is 0 Å². The van der Waals surface area contributed by atoms with E-state index >= 15 is 0 Å². The summed E-state index contributed by atoms with van der Waals surface area (Å²) >= 11 is 0. The molecule has 0 bridgehead atoms. The van der Waals surface area contributed by atoms with E-state index in [0.717, 1.165) is 62.8 Å². The van der Waals surface area contributed by atoms with Gasteiger partial charge >= 0.3 is 0 Å². The summed E-state index contributed by atoms with van der Waals surface area (Å²) in [6, 6.07) is 1.97. The van der Waals surface area contributed by atoms with E-state index in [1.54, 1.807) is 4.68 Å². The van der Waals surface area contributed by atoms with Crippen molar-refractivity contribution in [3.63, 3.8) is 0 Å². The highest BCUT2D eigenvalue weighted by atomic mass is 16.5. The van der Waals surface area contributed by atoms with Crippen molar-refractivity contribution in [3.8, 4) is 0 Å². The second-order valence-corrected chi connectivity index (χ2v) is 7.35. The van der Waals surface area contributed by atoms with Crippen LogP contribution in [-0.4, -0.2) is 69.9 Å². The zero-order valence-corrected chi connectivity index (χ0v) is 15.4. The summed E-state index contributed by atoms with van der Waals surface area (Å²) < 4.78 is 6.94. The first-order chi connectivity index (χ1) is 12.6. The van der Waals surface area contributed by atoms with E-state index in [1.165, 1.54) is 0 Å². The van der Waals surface area contributed by atoms with Crippen LogP contribution < -0.4 is 5.32 Å². The summed E-state index contributed by atoms with van der Waals surface area (Å²) in [6.07, 6.45) is 3.91. The van der Waals surface area contributed by atoms with Gasteiger partial charge in [0, 0.05) is 71.0 Å². The number of aryl methyl sites for hydroxylation is 2. The van der Waals surface area contributed by atoms with Crippen LogP contribution in [0.4, 0.5) is 0 Å². The van der Waals surface area contributed by atoms with Crippen LogP contribution in [-0.2, 0) is 18.4 Å². The molecule has 0 spiro atoms. The predicted molar refractivity (Wildman–Crippen MR) is 95.4 cm³/mol. The molecule has 0 unspecified atom stereocenters. The molecular weight excluding hydrogens is 332 g/mol. The molecule has 2 aliphatic rings. The van der Waals surface area contributed by atoms with Crippen molar-refractivity contribution in [2.45, 2.75) is 19.4 Å². The zero-order valence-electron chi connectivity index (χ0n) is 15.4. The highest BCUT2D eigenvalue weighted by molar-refractivity contribution is 5.80. The molecule has 2 aromatic heterocycles. The van der Waals surface area contributed by atoms with Crippen LogP contribution in [0.5, 0.6) is 0 Å². The monoisotopic (exact) mass is 358 g/mol. The van der Waals surface area contributed by atoms with Gasteiger partial charge in [-0.05, 0) is 12.5 Å². The Bertz CT molecular complexity index is 761. The molecule has 1 N–H and O–H groups in total. The fraction of sp³-hybridized carbons (Fsp3) is 0.611. The van der Waals surface area contributed by atoms with Crippen LogP contribution in [0.1, 0.15) is 22.9 Å². The summed E-state index contributed by atoms with van der Waals surface area (Å²) in [4.78, 5) is 17.4. The Labute approximate surface area is 153 Å². The van der Waals surface area contributed by atoms with E-state index in [-0.39, 0.29) is 17.7 Å². The molecule has 8 heteroatoms. The lowest BCUT2D eigenvalue weighted by atomic mass is 9.89. The zero-order chi connectivity index (χ0) is 18.1. The summed E-state index contributed by atoms with van der Waals surface area (Å²) in [5, 5.41) is 11.7. The third-order valence-corrected chi connectivity index (χ3v) is 5.43. The van der Waals surface area contributed by atoms with E-state index in [4.69, 9.17) is 4.52 Å². The van der Waals surface area contributed by atoms with Crippen LogP contribution in [0.2, 0.25) is 0 Å². The van der Waals surface area contributed by atoms with Crippen molar-refractivity contribution >= 4 is 5.91 Å². The molecule has 2 saturated heterocycles. The largest absolute Gasteiger partial charge is 0.361 e. The van der Waals surface area contributed by atoms with Gasteiger partial charge in [-0.2, -0.15) is 5.10 Å². The number of piperazine rings is 1. The Balaban J connectivity index is 1.34. The maximum atomic E-state index is 13.1. The van der Waals surface area contributed by atoms with E-state index in [2.05, 4.69) is 20.5 Å². The standard InChI is InChI=1S/C18H26N6O2/c1-13-7-15(21-26-13)12-23-3-5-24(6-4-23)18(25)17-10-19-9-16(17)14-8-20-22(2)11-14/h7-8,11,16-17,19H,3-6,9-10,12H2,1-2H3/t16-,17+/m1/s1. The number of carbonyl (C=O) groups excluding carboxylic acids is 1. The Morgan fingerprint density at radius 3 is 2.77 bits per heavy atom. The number of nitrogens with one attached hydrogen (secondary N) is 1. The predicted octanol–water partition coefficient (Wildman–Crippen LogP) is 0.364. The molecular formula is C18H26N6O2. The topological polar surface area (TPSA) is 79.4 Å². The van der Waals surface area contributed by atoms with Gasteiger partial charge in [-0.25, -0.2) is 0 Å². The highest BCUT2D eigenvalue weighted by Gasteiger charge is 2.37. The molecule has 1 amide bonds. The van der Waals surface area contributed by atoms with E-state index < -0.39 is 0 Å². The number of aromatic nitrogens is 3. The van der Waals surface area contributed by atoms with Crippen molar-refractivity contribution in [3.05, 3.63) is 35.5 Å². The quantitative estimate of drug-likeness (QED) is 0.850. The summed E-state index contributed by atoms with van der Waals surface area (Å²) in [6.45, 7) is 7.55. The molecule has 2 aromatic rings. The molecule has 2 aliphatic heterocycles. The van der Waals surface area contributed by atoms with Crippen molar-refractivity contribution in [2.75, 3.05) is 39.3 Å². The minimum Gasteiger partial charge on any atom is -0.361 e. The Morgan fingerprint density at radius 1 is 1.31 bits per heavy atom. The second-order valence-electron chi connectivity index (χ2n) is 7.35. The van der Waals surface area contributed by atoms with Crippen LogP contribution in [0.3, 0.4) is 0 Å². The van der Waals surface area contributed by atoms with Gasteiger partial charge in [-0.3, -0.25) is 14.4 Å². The Hall–Kier alpha value is -2.19. The smallest absolute Gasteiger partial charge is 0.227 e. The minimum atomic E-state index is 0.00365. The average molecular weight is 358 g/mol. The SMILES string of the molecule is Cc1cc(CN2CCN(C(=O)[C@H]3CNC[C@@H]3c3cnn(C)c3)CC2)no1. The van der Waals surface area contributed by atoms with Crippen LogP contribution in [0, 0.1) is 12.8 Å². The summed E-state index contributed by atoms with van der Waals surface area (Å²) in [5.74, 6) is 1.32. The molecule has 0 aliphatic carbocycles. The lowest BCUT2D eigenvalue weighted by Crippen LogP contribution is -2.50. The van der Waals surface area contributed by atoms with Gasteiger partial charge in [0.2, 0.25) is 5.91 Å². The molecule has 2 fully saturated rings. The number of rotatable bonds is 4. The molecule has 0 aromatic carbocycles. The Kier molecular flexibility index (Phi) is 4.78. The van der Waals surface area contributed by atoms with Gasteiger partial charge in [0.15, 0.2) is 0 Å². The van der Waals surface area contributed by atoms with Crippen LogP contribution >= 0.6 is 0 Å². The number of hydrogen-bond donors (Lipinski definition) is 1. The van der Waals surface area contributed by atoms with E-state index in [9.17, 15) is 4.79 Å². The Morgan fingerprint density at radius 2 is 2.12 bits per heavy atom. The van der Waals surface area contributed by atoms with Gasteiger partial charge in [0.1, 0.15) is 5.76 Å². The highest BCUT2D eigenvalue weighted by Crippen LogP contribution is 2.29. The van der Waals surface area contributed by atoms with Gasteiger partial charge < -0.3 is 14.7 Å². The van der Waals surface area contributed by atoms with E-state index in [1.807, 2.05) is 37.3 Å². The lowest BCUT2D eigenvalue weighted by Gasteiger charge is -2.36. The molecule has 0 radical (unpaired) electrons. The number of carbonyl (C=O) groups is 1. The van der Waals surface area contributed by atoms with Crippen LogP contribution in [0.15, 0.2) is 23.0 Å². The van der Waals surface area contributed by atoms with Crippen molar-refractivity contribution in [2.24, 2.45) is 13.0 Å². The average Bonchev–Trinajstić information content (AvgIpc) is 3.36. The minimum absolute atomic E-state index is 0.00365. The van der Waals surface area contributed by atoms with Crippen molar-refractivity contribution in [1.82, 2.24) is 30.1 Å². The molecule has 8 nitrogen and oxygen atoms in total. The first kappa shape index (κ1) is 17.2. The molecule has 140 valence electrons. The van der Waals surface area contributed by atoms with Gasteiger partial charge in [0.05, 0.1) is 17.8 Å².